The Morgan fingerprint density at radius 1 is 1.33 bits per heavy atom. The molecule has 2 unspecified atom stereocenters. The molecule has 2 aliphatic carbocycles. The van der Waals surface area contributed by atoms with E-state index in [1.54, 1.807) is 0 Å². The van der Waals surface area contributed by atoms with E-state index >= 15 is 0 Å². The third-order valence-electron chi connectivity index (χ3n) is 5.49. The van der Waals surface area contributed by atoms with Crippen LogP contribution in [-0.2, 0) is 6.42 Å². The second kappa shape index (κ2) is 6.51. The molecule has 3 heteroatoms. The largest absolute Gasteiger partial charge is 0.314 e. The first-order valence-corrected chi connectivity index (χ1v) is 8.96. The zero-order valence-corrected chi connectivity index (χ0v) is 13.8. The summed E-state index contributed by atoms with van der Waals surface area (Å²) >= 11 is 0. The lowest BCUT2D eigenvalue weighted by molar-refractivity contribution is 0.316. The van der Waals surface area contributed by atoms with Gasteiger partial charge in [0.25, 0.3) is 0 Å². The summed E-state index contributed by atoms with van der Waals surface area (Å²) in [5.41, 5.74) is 1.75. The molecule has 0 amide bonds. The number of hydrogen-bond acceptors (Lipinski definition) is 2. The monoisotopic (exact) mass is 289 g/mol. The molecular formula is C18H31N3. The molecule has 21 heavy (non-hydrogen) atoms. The van der Waals surface area contributed by atoms with E-state index in [2.05, 4.69) is 36.1 Å². The Morgan fingerprint density at radius 2 is 2.14 bits per heavy atom. The van der Waals surface area contributed by atoms with Crippen LogP contribution in [0.25, 0.3) is 0 Å². The summed E-state index contributed by atoms with van der Waals surface area (Å²) in [7, 11) is 0. The van der Waals surface area contributed by atoms with E-state index in [4.69, 9.17) is 5.10 Å². The fourth-order valence-electron chi connectivity index (χ4n) is 4.29. The molecule has 2 aliphatic rings. The van der Waals surface area contributed by atoms with E-state index < -0.39 is 0 Å². The molecule has 2 fully saturated rings. The quantitative estimate of drug-likeness (QED) is 0.854. The van der Waals surface area contributed by atoms with Crippen molar-refractivity contribution in [2.24, 2.45) is 5.41 Å². The molecule has 0 aliphatic heterocycles. The van der Waals surface area contributed by atoms with Gasteiger partial charge in [-0.15, -0.1) is 0 Å². The van der Waals surface area contributed by atoms with Gasteiger partial charge in [0.1, 0.15) is 0 Å². The van der Waals surface area contributed by atoms with Gasteiger partial charge in [-0.25, -0.2) is 0 Å². The number of rotatable bonds is 6. The number of nitrogens with one attached hydrogen (secondary N) is 1. The van der Waals surface area contributed by atoms with E-state index in [1.165, 1.54) is 57.1 Å². The lowest BCUT2D eigenvalue weighted by atomic mass is 9.83. The summed E-state index contributed by atoms with van der Waals surface area (Å²) in [5, 5.41) is 8.58. The summed E-state index contributed by atoms with van der Waals surface area (Å²) in [5.74, 6) is 0. The van der Waals surface area contributed by atoms with Gasteiger partial charge in [0.15, 0.2) is 0 Å². The molecule has 1 aromatic rings. The smallest absolute Gasteiger partial charge is 0.0630 e. The van der Waals surface area contributed by atoms with Crippen molar-refractivity contribution in [2.45, 2.75) is 83.7 Å². The van der Waals surface area contributed by atoms with Gasteiger partial charge in [-0.05, 0) is 63.0 Å². The Kier molecular flexibility index (Phi) is 4.68. The van der Waals surface area contributed by atoms with Gasteiger partial charge in [0.2, 0.25) is 0 Å². The van der Waals surface area contributed by atoms with Crippen molar-refractivity contribution >= 4 is 0 Å². The lowest BCUT2D eigenvalue weighted by Crippen LogP contribution is -2.29. The Balaban J connectivity index is 1.56. The van der Waals surface area contributed by atoms with Crippen LogP contribution in [0.2, 0.25) is 0 Å². The number of aromatic nitrogens is 2. The molecule has 2 atom stereocenters. The summed E-state index contributed by atoms with van der Waals surface area (Å²) in [6.45, 7) is 5.86. The standard InChI is InChI=1S/C18H31N3/c1-3-11-19-15-8-10-18(2,13-15)14-16-9-12-21(20-16)17-6-4-5-7-17/h9,12,15,17,19H,3-8,10-11,13-14H2,1-2H3. The van der Waals surface area contributed by atoms with Crippen molar-refractivity contribution in [2.75, 3.05) is 6.54 Å². The molecule has 1 heterocycles. The Labute approximate surface area is 129 Å². The number of nitrogens with zero attached hydrogens (tertiary/aromatic N) is 2. The Hall–Kier alpha value is -0.830. The minimum Gasteiger partial charge on any atom is -0.314 e. The SMILES string of the molecule is CCCNC1CCC(C)(Cc2ccn(C3CCCC3)n2)C1. The first kappa shape index (κ1) is 15.1. The highest BCUT2D eigenvalue weighted by Gasteiger charge is 2.35. The van der Waals surface area contributed by atoms with Crippen molar-refractivity contribution in [3.63, 3.8) is 0 Å². The molecule has 0 aromatic carbocycles. The number of hydrogen-bond donors (Lipinski definition) is 1. The second-order valence-electron chi connectivity index (χ2n) is 7.61. The van der Waals surface area contributed by atoms with Crippen molar-refractivity contribution in [3.05, 3.63) is 18.0 Å². The van der Waals surface area contributed by atoms with Gasteiger partial charge in [-0.1, -0.05) is 26.7 Å². The van der Waals surface area contributed by atoms with Crippen LogP contribution in [0, 0.1) is 5.41 Å². The van der Waals surface area contributed by atoms with Gasteiger partial charge in [-0.2, -0.15) is 5.10 Å². The minimum atomic E-state index is 0.445. The van der Waals surface area contributed by atoms with Gasteiger partial charge >= 0.3 is 0 Å². The average molecular weight is 289 g/mol. The minimum absolute atomic E-state index is 0.445. The van der Waals surface area contributed by atoms with Crippen LogP contribution in [0.1, 0.15) is 76.9 Å². The molecule has 0 saturated heterocycles. The molecule has 2 saturated carbocycles. The molecule has 118 valence electrons. The van der Waals surface area contributed by atoms with Crippen LogP contribution in [0.5, 0.6) is 0 Å². The molecule has 3 rings (SSSR count). The van der Waals surface area contributed by atoms with E-state index in [9.17, 15) is 0 Å². The molecule has 3 nitrogen and oxygen atoms in total. The molecule has 0 radical (unpaired) electrons. The van der Waals surface area contributed by atoms with Crippen LogP contribution in [-0.4, -0.2) is 22.4 Å². The highest BCUT2D eigenvalue weighted by atomic mass is 15.3. The summed E-state index contributed by atoms with van der Waals surface area (Å²) in [4.78, 5) is 0. The average Bonchev–Trinajstić information content (AvgIpc) is 3.17. The van der Waals surface area contributed by atoms with Gasteiger partial charge in [0, 0.05) is 12.2 Å². The first-order valence-electron chi connectivity index (χ1n) is 8.96. The normalized spacial score (nSPS) is 30.3. The van der Waals surface area contributed by atoms with Crippen molar-refractivity contribution in [3.8, 4) is 0 Å². The summed E-state index contributed by atoms with van der Waals surface area (Å²) in [6.07, 6.45) is 14.0. The Morgan fingerprint density at radius 3 is 2.90 bits per heavy atom. The maximum atomic E-state index is 4.88. The van der Waals surface area contributed by atoms with Crippen LogP contribution in [0.4, 0.5) is 0 Å². The van der Waals surface area contributed by atoms with Gasteiger partial charge in [-0.3, -0.25) is 4.68 Å². The summed E-state index contributed by atoms with van der Waals surface area (Å²) < 4.78 is 2.24. The predicted octanol–water partition coefficient (Wildman–Crippen LogP) is 4.10. The predicted molar refractivity (Wildman–Crippen MR) is 87.5 cm³/mol. The highest BCUT2D eigenvalue weighted by molar-refractivity contribution is 5.06. The summed E-state index contributed by atoms with van der Waals surface area (Å²) in [6, 6.07) is 3.66. The topological polar surface area (TPSA) is 29.9 Å². The molecule has 1 aromatic heterocycles. The zero-order chi connectivity index (χ0) is 14.7. The maximum Gasteiger partial charge on any atom is 0.0630 e. The third-order valence-corrected chi connectivity index (χ3v) is 5.49. The highest BCUT2D eigenvalue weighted by Crippen LogP contribution is 2.40. The molecule has 0 spiro atoms. The fraction of sp³-hybridized carbons (Fsp3) is 0.833. The lowest BCUT2D eigenvalue weighted by Gasteiger charge is -2.23. The first-order chi connectivity index (χ1) is 10.2. The van der Waals surface area contributed by atoms with E-state index in [0.29, 0.717) is 11.5 Å². The van der Waals surface area contributed by atoms with Crippen molar-refractivity contribution < 1.29 is 0 Å². The Bertz CT molecular complexity index is 447. The fourth-order valence-corrected chi connectivity index (χ4v) is 4.29. The van der Waals surface area contributed by atoms with E-state index in [1.807, 2.05) is 0 Å². The molecule has 1 N–H and O–H groups in total. The van der Waals surface area contributed by atoms with Crippen LogP contribution < -0.4 is 5.32 Å². The van der Waals surface area contributed by atoms with Gasteiger partial charge < -0.3 is 5.32 Å². The van der Waals surface area contributed by atoms with E-state index in [-0.39, 0.29) is 0 Å². The van der Waals surface area contributed by atoms with Crippen LogP contribution in [0.15, 0.2) is 12.3 Å². The second-order valence-corrected chi connectivity index (χ2v) is 7.61. The molecule has 0 bridgehead atoms. The zero-order valence-electron chi connectivity index (χ0n) is 13.8. The van der Waals surface area contributed by atoms with Crippen LogP contribution in [0.3, 0.4) is 0 Å². The van der Waals surface area contributed by atoms with Gasteiger partial charge in [0.05, 0.1) is 11.7 Å². The third kappa shape index (κ3) is 3.68. The van der Waals surface area contributed by atoms with Crippen molar-refractivity contribution in [1.29, 1.82) is 0 Å². The van der Waals surface area contributed by atoms with E-state index in [0.717, 1.165) is 19.0 Å². The van der Waals surface area contributed by atoms with Crippen molar-refractivity contribution in [1.82, 2.24) is 15.1 Å². The molecular weight excluding hydrogens is 258 g/mol. The maximum absolute atomic E-state index is 4.88. The van der Waals surface area contributed by atoms with Crippen LogP contribution >= 0.6 is 0 Å².